The molecule has 0 aliphatic carbocycles. The van der Waals surface area contributed by atoms with Gasteiger partial charge in [-0.15, -0.1) is 11.8 Å². The minimum absolute atomic E-state index is 0.640. The third-order valence-electron chi connectivity index (χ3n) is 2.22. The van der Waals surface area contributed by atoms with Crippen LogP contribution in [-0.4, -0.2) is 12.6 Å². The molecule has 0 rings (SSSR count). The van der Waals surface area contributed by atoms with Crippen LogP contribution in [0.25, 0.3) is 0 Å². The summed E-state index contributed by atoms with van der Waals surface area (Å²) in [4.78, 5) is 0. The lowest BCUT2D eigenvalue weighted by Gasteiger charge is -2.21. The molecule has 0 aliphatic rings. The van der Waals surface area contributed by atoms with Crippen LogP contribution < -0.4 is 5.32 Å². The third-order valence-corrected chi connectivity index (χ3v) is 2.22. The molecule has 0 saturated heterocycles. The van der Waals surface area contributed by atoms with Gasteiger partial charge in [0.05, 0.1) is 0 Å². The molecule has 0 bridgehead atoms. The Balaban J connectivity index is 3.71. The van der Waals surface area contributed by atoms with Gasteiger partial charge < -0.3 is 5.32 Å². The number of nitrogens with one attached hydrogen (secondary N) is 1. The fourth-order valence-corrected chi connectivity index (χ4v) is 1.35. The molecule has 0 radical (unpaired) electrons. The topological polar surface area (TPSA) is 12.0 Å². The van der Waals surface area contributed by atoms with E-state index in [1.165, 1.54) is 12.8 Å². The molecule has 1 heteroatoms. The van der Waals surface area contributed by atoms with Gasteiger partial charge >= 0.3 is 0 Å². The molecular weight excluding hydrogens is 158 g/mol. The summed E-state index contributed by atoms with van der Waals surface area (Å²) in [5, 5.41) is 3.56. The molecule has 0 saturated carbocycles. The number of hydrogen-bond acceptors (Lipinski definition) is 1. The second kappa shape index (κ2) is 8.13. The summed E-state index contributed by atoms with van der Waals surface area (Å²) in [7, 11) is 0. The maximum absolute atomic E-state index is 3.56. The second-order valence-corrected chi connectivity index (χ2v) is 3.77. The van der Waals surface area contributed by atoms with Crippen molar-refractivity contribution in [2.24, 2.45) is 5.92 Å². The van der Waals surface area contributed by atoms with Crippen LogP contribution >= 0.6 is 0 Å². The summed E-state index contributed by atoms with van der Waals surface area (Å²) >= 11 is 0. The van der Waals surface area contributed by atoms with E-state index in [0.29, 0.717) is 12.0 Å². The molecule has 1 N–H and O–H groups in total. The molecule has 1 unspecified atom stereocenters. The van der Waals surface area contributed by atoms with Gasteiger partial charge in [0.1, 0.15) is 0 Å². The Hall–Kier alpha value is -0.480. The number of rotatable bonds is 6. The van der Waals surface area contributed by atoms with Crippen molar-refractivity contribution in [2.45, 2.75) is 53.0 Å². The molecule has 76 valence electrons. The molecule has 0 heterocycles. The lowest BCUT2D eigenvalue weighted by Crippen LogP contribution is -2.34. The van der Waals surface area contributed by atoms with Crippen LogP contribution in [-0.2, 0) is 0 Å². The zero-order valence-electron chi connectivity index (χ0n) is 9.48. The predicted molar refractivity (Wildman–Crippen MR) is 59.6 cm³/mol. The van der Waals surface area contributed by atoms with Gasteiger partial charge in [0, 0.05) is 12.5 Å². The van der Waals surface area contributed by atoms with Crippen LogP contribution in [0.4, 0.5) is 0 Å². The quantitative estimate of drug-likeness (QED) is 0.621. The van der Waals surface area contributed by atoms with E-state index < -0.39 is 0 Å². The van der Waals surface area contributed by atoms with Gasteiger partial charge in [-0.3, -0.25) is 0 Å². The van der Waals surface area contributed by atoms with Gasteiger partial charge in [0.2, 0.25) is 0 Å². The second-order valence-electron chi connectivity index (χ2n) is 3.77. The highest BCUT2D eigenvalue weighted by Gasteiger charge is 2.10. The first-order chi connectivity index (χ1) is 6.22. The zero-order valence-corrected chi connectivity index (χ0v) is 9.48. The summed E-state index contributed by atoms with van der Waals surface area (Å²) in [5.74, 6) is 6.77. The van der Waals surface area contributed by atoms with Gasteiger partial charge in [0.25, 0.3) is 0 Å². The monoisotopic (exact) mass is 181 g/mol. The Morgan fingerprint density at radius 1 is 1.31 bits per heavy atom. The largest absolute Gasteiger partial charge is 0.314 e. The normalized spacial score (nSPS) is 12.4. The summed E-state index contributed by atoms with van der Waals surface area (Å²) in [5.41, 5.74) is 0. The molecule has 0 aliphatic heterocycles. The van der Waals surface area contributed by atoms with E-state index in [-0.39, 0.29) is 0 Å². The van der Waals surface area contributed by atoms with E-state index in [1.807, 2.05) is 6.92 Å². The average Bonchev–Trinajstić information content (AvgIpc) is 2.10. The number of hydrogen-bond donors (Lipinski definition) is 1. The standard InChI is InChI=1S/C12H23N/c1-5-7-8-9-12(11(3)4)13-10-6-2/h11-13H,6,8-10H2,1-4H3. The van der Waals surface area contributed by atoms with Crippen LogP contribution in [0.3, 0.4) is 0 Å². The van der Waals surface area contributed by atoms with E-state index in [0.717, 1.165) is 13.0 Å². The van der Waals surface area contributed by atoms with E-state index in [9.17, 15) is 0 Å². The predicted octanol–water partition coefficient (Wildman–Crippen LogP) is 2.81. The van der Waals surface area contributed by atoms with Crippen LogP contribution in [0, 0.1) is 17.8 Å². The first kappa shape index (κ1) is 12.5. The molecule has 0 amide bonds. The lowest BCUT2D eigenvalue weighted by atomic mass is 9.99. The minimum Gasteiger partial charge on any atom is -0.314 e. The zero-order chi connectivity index (χ0) is 10.1. The van der Waals surface area contributed by atoms with Crippen molar-refractivity contribution in [1.82, 2.24) is 5.32 Å². The molecule has 0 aromatic heterocycles. The van der Waals surface area contributed by atoms with Gasteiger partial charge in [-0.05, 0) is 32.2 Å². The fourth-order valence-electron chi connectivity index (χ4n) is 1.35. The lowest BCUT2D eigenvalue weighted by molar-refractivity contribution is 0.382. The van der Waals surface area contributed by atoms with Crippen molar-refractivity contribution in [3.8, 4) is 11.8 Å². The van der Waals surface area contributed by atoms with Crippen LogP contribution in [0.1, 0.15) is 47.0 Å². The van der Waals surface area contributed by atoms with Crippen molar-refractivity contribution < 1.29 is 0 Å². The molecule has 0 spiro atoms. The smallest absolute Gasteiger partial charge is 0.0103 e. The molecule has 13 heavy (non-hydrogen) atoms. The first-order valence-corrected chi connectivity index (χ1v) is 5.35. The summed E-state index contributed by atoms with van der Waals surface area (Å²) < 4.78 is 0. The van der Waals surface area contributed by atoms with E-state index in [2.05, 4.69) is 37.9 Å². The maximum Gasteiger partial charge on any atom is 0.0103 e. The van der Waals surface area contributed by atoms with Crippen LogP contribution in [0.5, 0.6) is 0 Å². The Kier molecular flexibility index (Phi) is 7.83. The molecular formula is C12H23N. The van der Waals surface area contributed by atoms with Crippen molar-refractivity contribution in [1.29, 1.82) is 0 Å². The van der Waals surface area contributed by atoms with Crippen LogP contribution in [0.2, 0.25) is 0 Å². The minimum atomic E-state index is 0.640. The van der Waals surface area contributed by atoms with Crippen molar-refractivity contribution >= 4 is 0 Å². The average molecular weight is 181 g/mol. The molecule has 1 nitrogen and oxygen atoms in total. The molecule has 0 aromatic carbocycles. The summed E-state index contributed by atoms with van der Waals surface area (Å²) in [6, 6.07) is 0.640. The Labute approximate surface area is 83.3 Å². The van der Waals surface area contributed by atoms with Crippen molar-refractivity contribution in [3.05, 3.63) is 0 Å². The van der Waals surface area contributed by atoms with Crippen molar-refractivity contribution in [3.63, 3.8) is 0 Å². The molecule has 0 aromatic rings. The highest BCUT2D eigenvalue weighted by Crippen LogP contribution is 2.07. The van der Waals surface area contributed by atoms with E-state index >= 15 is 0 Å². The summed E-state index contributed by atoms with van der Waals surface area (Å²) in [6.07, 6.45) is 3.41. The van der Waals surface area contributed by atoms with Gasteiger partial charge in [-0.25, -0.2) is 0 Å². The summed E-state index contributed by atoms with van der Waals surface area (Å²) in [6.45, 7) is 9.78. The van der Waals surface area contributed by atoms with Gasteiger partial charge in [-0.2, -0.15) is 0 Å². The first-order valence-electron chi connectivity index (χ1n) is 5.35. The van der Waals surface area contributed by atoms with Crippen molar-refractivity contribution in [2.75, 3.05) is 6.54 Å². The highest BCUT2D eigenvalue weighted by molar-refractivity contribution is 4.95. The third kappa shape index (κ3) is 6.66. The van der Waals surface area contributed by atoms with Gasteiger partial charge in [0.15, 0.2) is 0 Å². The van der Waals surface area contributed by atoms with Crippen LogP contribution in [0.15, 0.2) is 0 Å². The molecule has 1 atom stereocenters. The molecule has 0 fully saturated rings. The SMILES string of the molecule is CC#CCCC(NCCC)C(C)C. The maximum atomic E-state index is 3.56. The Bertz CT molecular complexity index is 162. The fraction of sp³-hybridized carbons (Fsp3) is 0.833. The Morgan fingerprint density at radius 2 is 2.00 bits per heavy atom. The Morgan fingerprint density at radius 3 is 2.46 bits per heavy atom. The van der Waals surface area contributed by atoms with E-state index in [1.54, 1.807) is 0 Å². The van der Waals surface area contributed by atoms with Gasteiger partial charge in [-0.1, -0.05) is 20.8 Å². The van der Waals surface area contributed by atoms with E-state index in [4.69, 9.17) is 0 Å². The highest BCUT2D eigenvalue weighted by atomic mass is 14.9.